The second-order valence-corrected chi connectivity index (χ2v) is 6.48. The molecule has 6 heteroatoms. The van der Waals surface area contributed by atoms with Gasteiger partial charge in [0.05, 0.1) is 6.61 Å². The highest BCUT2D eigenvalue weighted by molar-refractivity contribution is 5.68. The number of carbonyl (C=O) groups excluding carboxylic acids is 1. The van der Waals surface area contributed by atoms with Crippen molar-refractivity contribution in [3.05, 3.63) is 53.6 Å². The molecule has 1 unspecified atom stereocenters. The number of rotatable bonds is 2. The van der Waals surface area contributed by atoms with Crippen molar-refractivity contribution >= 4 is 6.09 Å². The van der Waals surface area contributed by atoms with E-state index in [4.69, 9.17) is 15.2 Å². The van der Waals surface area contributed by atoms with E-state index < -0.39 is 29.2 Å². The quantitative estimate of drug-likeness (QED) is 0.896. The molecule has 0 saturated heterocycles. The molecule has 0 saturated carbocycles. The standard InChI is InChI=1S/C18H17F2NO3/c1-18(2)9-23-15-8-11(10-4-6-13(19)14(20)7-10)3-5-12(15)16(18)24-17(21)22/h3-8,16H,9H2,1-2H3,(H2,21,22). The lowest BCUT2D eigenvalue weighted by Gasteiger charge is -2.38. The molecule has 3 rings (SSSR count). The number of hydrogen-bond donors (Lipinski definition) is 1. The number of fused-ring (bicyclic) bond motifs is 1. The highest BCUT2D eigenvalue weighted by Gasteiger charge is 2.40. The average Bonchev–Trinajstić information content (AvgIpc) is 2.52. The predicted octanol–water partition coefficient (Wildman–Crippen LogP) is 4.19. The monoisotopic (exact) mass is 333 g/mol. The van der Waals surface area contributed by atoms with Gasteiger partial charge in [0.2, 0.25) is 0 Å². The summed E-state index contributed by atoms with van der Waals surface area (Å²) < 4.78 is 37.5. The van der Waals surface area contributed by atoms with E-state index in [9.17, 15) is 13.6 Å². The summed E-state index contributed by atoms with van der Waals surface area (Å²) >= 11 is 0. The second-order valence-electron chi connectivity index (χ2n) is 6.48. The average molecular weight is 333 g/mol. The van der Waals surface area contributed by atoms with Crippen LogP contribution in [0.1, 0.15) is 25.5 Å². The molecule has 4 nitrogen and oxygen atoms in total. The fraction of sp³-hybridized carbons (Fsp3) is 0.278. The molecule has 24 heavy (non-hydrogen) atoms. The van der Waals surface area contributed by atoms with Crippen LogP contribution < -0.4 is 10.5 Å². The van der Waals surface area contributed by atoms with Crippen LogP contribution in [0.3, 0.4) is 0 Å². The Morgan fingerprint density at radius 3 is 2.50 bits per heavy atom. The van der Waals surface area contributed by atoms with Gasteiger partial charge in [-0.05, 0) is 29.3 Å². The normalized spacial score (nSPS) is 18.4. The number of ether oxygens (including phenoxy) is 2. The summed E-state index contributed by atoms with van der Waals surface area (Å²) in [7, 11) is 0. The number of primary amides is 1. The van der Waals surface area contributed by atoms with Crippen LogP contribution in [0, 0.1) is 17.0 Å². The van der Waals surface area contributed by atoms with Crippen LogP contribution in [-0.2, 0) is 4.74 Å². The molecule has 0 aromatic heterocycles. The van der Waals surface area contributed by atoms with Crippen molar-refractivity contribution < 1.29 is 23.0 Å². The van der Waals surface area contributed by atoms with Gasteiger partial charge in [-0.1, -0.05) is 32.0 Å². The maximum atomic E-state index is 13.4. The Balaban J connectivity index is 2.02. The van der Waals surface area contributed by atoms with Crippen molar-refractivity contribution in [2.24, 2.45) is 11.1 Å². The summed E-state index contributed by atoms with van der Waals surface area (Å²) in [5, 5.41) is 0. The van der Waals surface area contributed by atoms with Crippen molar-refractivity contribution in [1.82, 2.24) is 0 Å². The molecule has 2 N–H and O–H groups in total. The van der Waals surface area contributed by atoms with Crippen LogP contribution in [0.2, 0.25) is 0 Å². The van der Waals surface area contributed by atoms with E-state index in [1.54, 1.807) is 18.2 Å². The molecule has 2 aromatic rings. The van der Waals surface area contributed by atoms with Gasteiger partial charge in [-0.3, -0.25) is 0 Å². The van der Waals surface area contributed by atoms with Gasteiger partial charge >= 0.3 is 6.09 Å². The molecule has 0 bridgehead atoms. The molecule has 1 aliphatic rings. The summed E-state index contributed by atoms with van der Waals surface area (Å²) in [5.41, 5.74) is 6.62. The maximum Gasteiger partial charge on any atom is 0.405 e. The van der Waals surface area contributed by atoms with E-state index in [0.29, 0.717) is 29.0 Å². The van der Waals surface area contributed by atoms with Crippen molar-refractivity contribution in [3.63, 3.8) is 0 Å². The van der Waals surface area contributed by atoms with E-state index >= 15 is 0 Å². The lowest BCUT2D eigenvalue weighted by atomic mass is 9.80. The molecule has 1 aliphatic heterocycles. The van der Waals surface area contributed by atoms with Crippen LogP contribution in [0.15, 0.2) is 36.4 Å². The van der Waals surface area contributed by atoms with Gasteiger partial charge in [0.1, 0.15) is 11.9 Å². The topological polar surface area (TPSA) is 61.6 Å². The van der Waals surface area contributed by atoms with Crippen LogP contribution in [-0.4, -0.2) is 12.7 Å². The minimum atomic E-state index is -0.915. The first-order chi connectivity index (χ1) is 11.3. The molecule has 0 radical (unpaired) electrons. The summed E-state index contributed by atoms with van der Waals surface area (Å²) in [4.78, 5) is 11.2. The number of nitrogens with two attached hydrogens (primary N) is 1. The minimum Gasteiger partial charge on any atom is -0.492 e. The van der Waals surface area contributed by atoms with E-state index in [-0.39, 0.29) is 0 Å². The largest absolute Gasteiger partial charge is 0.492 e. The maximum absolute atomic E-state index is 13.4. The van der Waals surface area contributed by atoms with Crippen LogP contribution in [0.25, 0.3) is 11.1 Å². The van der Waals surface area contributed by atoms with Crippen LogP contribution >= 0.6 is 0 Å². The number of hydrogen-bond acceptors (Lipinski definition) is 3. The van der Waals surface area contributed by atoms with Gasteiger partial charge in [0.15, 0.2) is 11.6 Å². The third-order valence-corrected chi connectivity index (χ3v) is 4.09. The van der Waals surface area contributed by atoms with Crippen LogP contribution in [0.5, 0.6) is 5.75 Å². The Kier molecular flexibility index (Phi) is 3.91. The number of amides is 1. The summed E-state index contributed by atoms with van der Waals surface area (Å²) in [6.45, 7) is 4.15. The summed E-state index contributed by atoms with van der Waals surface area (Å²) in [6.07, 6.45) is -1.40. The Labute approximate surface area is 138 Å². The Morgan fingerprint density at radius 1 is 1.17 bits per heavy atom. The SMILES string of the molecule is CC1(C)COc2cc(-c3ccc(F)c(F)c3)ccc2C1OC(N)=O. The van der Waals surface area contributed by atoms with Gasteiger partial charge in [0.25, 0.3) is 0 Å². The molecular weight excluding hydrogens is 316 g/mol. The van der Waals surface area contributed by atoms with Gasteiger partial charge in [-0.2, -0.15) is 0 Å². The smallest absolute Gasteiger partial charge is 0.405 e. The third-order valence-electron chi connectivity index (χ3n) is 4.09. The van der Waals surface area contributed by atoms with E-state index in [1.807, 2.05) is 13.8 Å². The number of carbonyl (C=O) groups is 1. The zero-order chi connectivity index (χ0) is 17.5. The molecule has 2 aromatic carbocycles. The lowest BCUT2D eigenvalue weighted by molar-refractivity contribution is -0.0176. The van der Waals surface area contributed by atoms with E-state index in [0.717, 1.165) is 12.1 Å². The predicted molar refractivity (Wildman–Crippen MR) is 84.5 cm³/mol. The molecule has 1 amide bonds. The van der Waals surface area contributed by atoms with Gasteiger partial charge in [-0.25, -0.2) is 13.6 Å². The highest BCUT2D eigenvalue weighted by atomic mass is 19.2. The van der Waals surface area contributed by atoms with E-state index in [2.05, 4.69) is 0 Å². The van der Waals surface area contributed by atoms with Gasteiger partial charge in [0, 0.05) is 11.0 Å². The van der Waals surface area contributed by atoms with Gasteiger partial charge in [-0.15, -0.1) is 0 Å². The molecule has 0 fully saturated rings. The van der Waals surface area contributed by atoms with Crippen molar-refractivity contribution in [2.75, 3.05) is 6.61 Å². The molecule has 1 atom stereocenters. The zero-order valence-corrected chi connectivity index (χ0v) is 13.3. The number of benzene rings is 2. The third kappa shape index (κ3) is 2.91. The van der Waals surface area contributed by atoms with Crippen molar-refractivity contribution in [1.29, 1.82) is 0 Å². The first-order valence-electron chi connectivity index (χ1n) is 7.46. The zero-order valence-electron chi connectivity index (χ0n) is 13.3. The van der Waals surface area contributed by atoms with Crippen molar-refractivity contribution in [3.8, 4) is 16.9 Å². The van der Waals surface area contributed by atoms with E-state index in [1.165, 1.54) is 6.07 Å². The molecule has 126 valence electrons. The first-order valence-corrected chi connectivity index (χ1v) is 7.46. The van der Waals surface area contributed by atoms with Crippen LogP contribution in [0.4, 0.5) is 13.6 Å². The summed E-state index contributed by atoms with van der Waals surface area (Å²) in [5.74, 6) is -1.28. The Hall–Kier alpha value is -2.63. The Bertz CT molecular complexity index is 805. The fourth-order valence-electron chi connectivity index (χ4n) is 2.83. The number of halogens is 2. The molecule has 0 spiro atoms. The molecular formula is C18H17F2NO3. The molecule has 0 aliphatic carbocycles. The molecule has 1 heterocycles. The fourth-order valence-corrected chi connectivity index (χ4v) is 2.83. The lowest BCUT2D eigenvalue weighted by Crippen LogP contribution is -2.37. The van der Waals surface area contributed by atoms with Gasteiger partial charge < -0.3 is 15.2 Å². The second kappa shape index (κ2) is 5.78. The Morgan fingerprint density at radius 2 is 1.83 bits per heavy atom. The minimum absolute atomic E-state index is 0.333. The van der Waals surface area contributed by atoms with Crippen molar-refractivity contribution in [2.45, 2.75) is 20.0 Å². The summed E-state index contributed by atoms with van der Waals surface area (Å²) in [6, 6.07) is 8.90. The first kappa shape index (κ1) is 16.2. The highest BCUT2D eigenvalue weighted by Crippen LogP contribution is 2.46.